The Hall–Kier alpha value is -5.66. The van der Waals surface area contributed by atoms with Crippen molar-refractivity contribution in [3.63, 3.8) is 0 Å². The molecule has 7 aromatic carbocycles. The molecule has 0 N–H and O–H groups in total. The quantitative estimate of drug-likeness (QED) is 0.136. The fourth-order valence-electron chi connectivity index (χ4n) is 8.28. The average molecular weight is 702 g/mol. The van der Waals surface area contributed by atoms with E-state index in [1.54, 1.807) is 0 Å². The van der Waals surface area contributed by atoms with Gasteiger partial charge in [0.1, 0.15) is 0 Å². The van der Waals surface area contributed by atoms with Gasteiger partial charge in [-0.25, -0.2) is 0 Å². The summed E-state index contributed by atoms with van der Waals surface area (Å²) in [6, 6.07) is 76.7. The van der Waals surface area contributed by atoms with Crippen LogP contribution in [0.25, 0.3) is 20.3 Å². The smallest absolute Gasteiger partial charge is 0.181 e. The van der Waals surface area contributed by atoms with Gasteiger partial charge in [-0.3, -0.25) is 4.98 Å². The lowest BCUT2D eigenvalue weighted by atomic mass is 10.2. The van der Waals surface area contributed by atoms with E-state index >= 15 is 0 Å². The van der Waals surface area contributed by atoms with Gasteiger partial charge >= 0.3 is 0 Å². The van der Waals surface area contributed by atoms with Gasteiger partial charge in [0.2, 0.25) is 0 Å². The number of hydrogen-bond donors (Lipinski definition) is 0. The minimum atomic E-state index is -2.76. The van der Waals surface area contributed by atoms with Crippen LogP contribution in [0.15, 0.2) is 212 Å². The Morgan fingerprint density at radius 2 is 0.725 bits per heavy atom. The van der Waals surface area contributed by atoms with Crippen molar-refractivity contribution >= 4 is 89.3 Å². The van der Waals surface area contributed by atoms with Crippen molar-refractivity contribution in [1.82, 2.24) is 4.98 Å². The van der Waals surface area contributed by atoms with Crippen LogP contribution in [0.2, 0.25) is 0 Å². The summed E-state index contributed by atoms with van der Waals surface area (Å²) in [6.07, 6.45) is 2.06. The molecule has 0 spiro atoms. The number of benzene rings is 7. The zero-order valence-corrected chi connectivity index (χ0v) is 30.9. The molecule has 0 saturated carbocycles. The number of fused-ring (bicyclic) bond motifs is 3. The molecule has 1 nitrogen and oxygen atoms in total. The summed E-state index contributed by atoms with van der Waals surface area (Å²) >= 11 is 1.89. The summed E-state index contributed by atoms with van der Waals surface area (Å²) in [6.45, 7) is 0. The van der Waals surface area contributed by atoms with Gasteiger partial charge in [0.05, 0.1) is 10.2 Å². The summed E-state index contributed by atoms with van der Waals surface area (Å²) < 4.78 is 2.54. The van der Waals surface area contributed by atoms with Gasteiger partial charge in [-0.2, -0.15) is 0 Å². The summed E-state index contributed by atoms with van der Waals surface area (Å²) in [5.74, 6) is 0. The molecule has 2 aromatic heterocycles. The van der Waals surface area contributed by atoms with Crippen molar-refractivity contribution in [3.05, 3.63) is 212 Å². The molecule has 51 heavy (non-hydrogen) atoms. The van der Waals surface area contributed by atoms with Crippen molar-refractivity contribution in [2.45, 2.75) is 0 Å². The SMILES string of the molecule is c1ccc([Si](c2ccccc2)(c2ccccc2)c2ccc3sc4c([Si](c5ccccc5)(c5ccccc5)c5ccccc5)ccnc4c3c2)cc1. The molecule has 0 fully saturated rings. The fourth-order valence-corrected chi connectivity index (χ4v) is 19.5. The lowest BCUT2D eigenvalue weighted by molar-refractivity contribution is 1.44. The van der Waals surface area contributed by atoms with E-state index in [0.29, 0.717) is 0 Å². The van der Waals surface area contributed by atoms with Crippen molar-refractivity contribution in [2.24, 2.45) is 0 Å². The molecule has 2 heterocycles. The molecule has 0 aliphatic carbocycles. The van der Waals surface area contributed by atoms with Crippen LogP contribution in [-0.2, 0) is 0 Å². The van der Waals surface area contributed by atoms with Crippen molar-refractivity contribution < 1.29 is 0 Å². The van der Waals surface area contributed by atoms with E-state index in [0.717, 1.165) is 5.52 Å². The summed E-state index contributed by atoms with van der Waals surface area (Å²) in [4.78, 5) is 5.21. The van der Waals surface area contributed by atoms with Crippen LogP contribution in [0.4, 0.5) is 0 Å². The first-order valence-corrected chi connectivity index (χ1v) is 22.3. The van der Waals surface area contributed by atoms with Crippen LogP contribution >= 0.6 is 11.3 Å². The lowest BCUT2D eigenvalue weighted by Gasteiger charge is -2.34. The predicted octanol–water partition coefficient (Wildman–Crippen LogP) is 6.20. The topological polar surface area (TPSA) is 12.9 Å². The van der Waals surface area contributed by atoms with Gasteiger partial charge in [-0.15, -0.1) is 11.3 Å². The van der Waals surface area contributed by atoms with Crippen molar-refractivity contribution in [1.29, 1.82) is 0 Å². The third kappa shape index (κ3) is 5.06. The molecule has 0 radical (unpaired) electrons. The maximum atomic E-state index is 5.21. The maximum Gasteiger partial charge on any atom is 0.181 e. The number of aromatic nitrogens is 1. The fraction of sp³-hybridized carbons (Fsp3) is 0. The van der Waals surface area contributed by atoms with E-state index in [-0.39, 0.29) is 0 Å². The molecule has 0 aliphatic rings. The molecule has 9 rings (SSSR count). The van der Waals surface area contributed by atoms with Gasteiger partial charge < -0.3 is 0 Å². The number of hydrogen-bond acceptors (Lipinski definition) is 2. The number of nitrogens with zero attached hydrogens (tertiary/aromatic N) is 1. The highest BCUT2D eigenvalue weighted by Crippen LogP contribution is 2.32. The molecule has 0 bridgehead atoms. The van der Waals surface area contributed by atoms with Crippen molar-refractivity contribution in [2.75, 3.05) is 0 Å². The molecular weight excluding hydrogens is 667 g/mol. The monoisotopic (exact) mass is 701 g/mol. The molecule has 0 saturated heterocycles. The van der Waals surface area contributed by atoms with Crippen LogP contribution in [0.3, 0.4) is 0 Å². The molecule has 0 amide bonds. The second-order valence-corrected chi connectivity index (χ2v) is 21.7. The van der Waals surface area contributed by atoms with E-state index in [2.05, 4.69) is 212 Å². The van der Waals surface area contributed by atoms with Gasteiger partial charge in [0, 0.05) is 16.3 Å². The molecule has 9 aromatic rings. The first-order valence-electron chi connectivity index (χ1n) is 17.5. The van der Waals surface area contributed by atoms with E-state index in [1.807, 2.05) is 11.3 Å². The van der Waals surface area contributed by atoms with Crippen LogP contribution in [0.5, 0.6) is 0 Å². The minimum Gasteiger partial charge on any atom is -0.255 e. The first kappa shape index (κ1) is 31.3. The number of rotatable bonds is 8. The third-order valence-electron chi connectivity index (χ3n) is 10.4. The van der Waals surface area contributed by atoms with Gasteiger partial charge in [-0.1, -0.05) is 194 Å². The maximum absolute atomic E-state index is 5.21. The molecule has 0 aliphatic heterocycles. The molecule has 242 valence electrons. The Morgan fingerprint density at radius 1 is 0.353 bits per heavy atom. The highest BCUT2D eigenvalue weighted by atomic mass is 32.1. The van der Waals surface area contributed by atoms with Crippen LogP contribution in [0, 0.1) is 0 Å². The summed E-state index contributed by atoms with van der Waals surface area (Å²) in [5.41, 5.74) is 1.09. The minimum absolute atomic E-state index is 1.09. The Bertz CT molecular complexity index is 2360. The normalized spacial score (nSPS) is 11.9. The Morgan fingerprint density at radius 3 is 1.12 bits per heavy atom. The largest absolute Gasteiger partial charge is 0.255 e. The number of thiophene rings is 1. The highest BCUT2D eigenvalue weighted by molar-refractivity contribution is 7.30. The van der Waals surface area contributed by atoms with E-state index in [9.17, 15) is 0 Å². The van der Waals surface area contributed by atoms with Gasteiger partial charge in [0.15, 0.2) is 16.1 Å². The zero-order valence-electron chi connectivity index (χ0n) is 28.1. The first-order chi connectivity index (χ1) is 25.3. The standard InChI is InChI=1S/C47H35NSSi2/c1-7-19-36(20-8-1)50(37-21-9-2-10-22-37,38-23-11-3-12-24-38)42-31-32-44-43(35-42)46-47(49-44)45(33-34-48-46)51(39-25-13-4-14-26-39,40-27-15-5-16-28-40)41-29-17-6-18-30-41/h1-35H. The third-order valence-corrected chi connectivity index (χ3v) is 21.4. The second-order valence-electron chi connectivity index (χ2n) is 13.0. The van der Waals surface area contributed by atoms with Crippen LogP contribution < -0.4 is 41.5 Å². The predicted molar refractivity (Wildman–Crippen MR) is 224 cm³/mol. The Labute approximate surface area is 305 Å². The summed E-state index contributed by atoms with van der Waals surface area (Å²) in [7, 11) is -5.46. The highest BCUT2D eigenvalue weighted by Gasteiger charge is 2.44. The lowest BCUT2D eigenvalue weighted by Crippen LogP contribution is -2.74. The number of pyridine rings is 1. The van der Waals surface area contributed by atoms with E-state index < -0.39 is 16.1 Å². The van der Waals surface area contributed by atoms with E-state index in [1.165, 1.54) is 56.3 Å². The summed E-state index contributed by atoms with van der Waals surface area (Å²) in [5, 5.41) is 12.2. The molecule has 0 atom stereocenters. The zero-order chi connectivity index (χ0) is 34.1. The van der Waals surface area contributed by atoms with E-state index in [4.69, 9.17) is 4.98 Å². The van der Waals surface area contributed by atoms with Gasteiger partial charge in [0.25, 0.3) is 0 Å². The average Bonchev–Trinajstić information content (AvgIpc) is 3.60. The molecular formula is C47H35NSSi2. The van der Waals surface area contributed by atoms with Gasteiger partial charge in [-0.05, 0) is 53.6 Å². The molecule has 4 heteroatoms. The molecule has 0 unspecified atom stereocenters. The Balaban J connectivity index is 1.37. The Kier molecular flexibility index (Phi) is 8.13. The van der Waals surface area contributed by atoms with Crippen molar-refractivity contribution in [3.8, 4) is 0 Å². The van der Waals surface area contributed by atoms with Crippen LogP contribution in [-0.4, -0.2) is 21.1 Å². The second kappa shape index (κ2) is 13.2. The van der Waals surface area contributed by atoms with Crippen LogP contribution in [0.1, 0.15) is 0 Å².